The van der Waals surface area contributed by atoms with Gasteiger partial charge in [0, 0.05) is 31.7 Å². The maximum atomic E-state index is 13.0. The lowest BCUT2D eigenvalue weighted by atomic mass is 10.2. The predicted molar refractivity (Wildman–Crippen MR) is 94.6 cm³/mol. The van der Waals surface area contributed by atoms with Crippen LogP contribution in [0, 0.1) is 5.82 Å². The Kier molecular flexibility index (Phi) is 4.50. The topological polar surface area (TPSA) is 66.9 Å². The van der Waals surface area contributed by atoms with Gasteiger partial charge in [-0.05, 0) is 48.5 Å². The molecule has 0 aliphatic carbocycles. The monoisotopic (exact) mass is 368 g/mol. The Hall–Kier alpha value is -3.35. The number of carbonyl (C=O) groups excluding carboxylic acids is 2. The molecular weight excluding hydrogens is 351 g/mol. The quantitative estimate of drug-likeness (QED) is 0.712. The van der Waals surface area contributed by atoms with E-state index in [9.17, 15) is 14.0 Å². The van der Waals surface area contributed by atoms with Crippen molar-refractivity contribution >= 4 is 11.8 Å². The van der Waals surface area contributed by atoms with Gasteiger partial charge in [0.25, 0.3) is 11.8 Å². The molecular formula is C20H17FN2O4. The Bertz CT molecular complexity index is 939. The molecule has 2 amide bonds. The number of halogens is 1. The van der Waals surface area contributed by atoms with Crippen LogP contribution in [0.4, 0.5) is 4.39 Å². The van der Waals surface area contributed by atoms with Crippen molar-refractivity contribution in [2.24, 2.45) is 0 Å². The predicted octanol–water partition coefficient (Wildman–Crippen LogP) is 3.28. The van der Waals surface area contributed by atoms with E-state index in [1.165, 1.54) is 18.4 Å². The largest absolute Gasteiger partial charge is 0.459 e. The summed E-state index contributed by atoms with van der Waals surface area (Å²) >= 11 is 0. The molecule has 1 saturated heterocycles. The molecule has 6 nitrogen and oxygen atoms in total. The van der Waals surface area contributed by atoms with E-state index in [1.807, 2.05) is 0 Å². The Morgan fingerprint density at radius 3 is 2.04 bits per heavy atom. The van der Waals surface area contributed by atoms with Gasteiger partial charge in [0.1, 0.15) is 11.6 Å². The van der Waals surface area contributed by atoms with Crippen LogP contribution < -0.4 is 0 Å². The summed E-state index contributed by atoms with van der Waals surface area (Å²) in [7, 11) is 0. The minimum atomic E-state index is -0.330. The number of amides is 2. The van der Waals surface area contributed by atoms with E-state index < -0.39 is 0 Å². The standard InChI is InChI=1S/C20H17FN2O4/c21-15-5-3-14(4-6-15)16-7-8-18(27-16)20(25)23-11-9-22(10-12-23)19(24)17-2-1-13-26-17/h1-8,13H,9-12H2. The number of furan rings is 2. The fraction of sp³-hybridized carbons (Fsp3) is 0.200. The maximum absolute atomic E-state index is 13.0. The minimum Gasteiger partial charge on any atom is -0.459 e. The number of rotatable bonds is 3. The first-order valence-corrected chi connectivity index (χ1v) is 8.59. The molecule has 0 spiro atoms. The molecule has 0 bridgehead atoms. The summed E-state index contributed by atoms with van der Waals surface area (Å²) in [6, 6.07) is 12.5. The van der Waals surface area contributed by atoms with E-state index >= 15 is 0 Å². The van der Waals surface area contributed by atoms with E-state index in [-0.39, 0.29) is 23.4 Å². The highest BCUT2D eigenvalue weighted by molar-refractivity contribution is 5.93. The zero-order chi connectivity index (χ0) is 18.8. The molecule has 0 saturated carbocycles. The van der Waals surface area contributed by atoms with Crippen molar-refractivity contribution in [1.29, 1.82) is 0 Å². The van der Waals surface area contributed by atoms with Crippen LogP contribution in [0.1, 0.15) is 21.1 Å². The highest BCUT2D eigenvalue weighted by Crippen LogP contribution is 2.23. The summed E-state index contributed by atoms with van der Waals surface area (Å²) in [5, 5.41) is 0. The first-order valence-electron chi connectivity index (χ1n) is 8.59. The average molecular weight is 368 g/mol. The third-order valence-corrected chi connectivity index (χ3v) is 4.53. The number of carbonyl (C=O) groups is 2. The van der Waals surface area contributed by atoms with Gasteiger partial charge in [0.2, 0.25) is 0 Å². The third kappa shape index (κ3) is 3.48. The fourth-order valence-electron chi connectivity index (χ4n) is 3.05. The van der Waals surface area contributed by atoms with Crippen LogP contribution in [0.2, 0.25) is 0 Å². The molecule has 2 aromatic heterocycles. The van der Waals surface area contributed by atoms with E-state index in [0.29, 0.717) is 43.3 Å². The van der Waals surface area contributed by atoms with Crippen molar-refractivity contribution in [2.75, 3.05) is 26.2 Å². The number of hydrogen-bond acceptors (Lipinski definition) is 4. The van der Waals surface area contributed by atoms with Crippen molar-refractivity contribution in [1.82, 2.24) is 9.80 Å². The van der Waals surface area contributed by atoms with Gasteiger partial charge >= 0.3 is 0 Å². The zero-order valence-electron chi connectivity index (χ0n) is 14.4. The van der Waals surface area contributed by atoms with E-state index in [0.717, 1.165) is 0 Å². The van der Waals surface area contributed by atoms with Gasteiger partial charge < -0.3 is 18.6 Å². The number of nitrogens with zero attached hydrogens (tertiary/aromatic N) is 2. The summed E-state index contributed by atoms with van der Waals surface area (Å²) in [5.41, 5.74) is 0.698. The van der Waals surface area contributed by atoms with Gasteiger partial charge in [0.15, 0.2) is 11.5 Å². The highest BCUT2D eigenvalue weighted by Gasteiger charge is 2.28. The van der Waals surface area contributed by atoms with Gasteiger partial charge in [-0.2, -0.15) is 0 Å². The number of piperazine rings is 1. The molecule has 3 aromatic rings. The van der Waals surface area contributed by atoms with Crippen LogP contribution in [-0.2, 0) is 0 Å². The van der Waals surface area contributed by atoms with Crippen molar-refractivity contribution in [3.05, 3.63) is 72.1 Å². The van der Waals surface area contributed by atoms with Crippen molar-refractivity contribution in [3.8, 4) is 11.3 Å². The second kappa shape index (κ2) is 7.11. The summed E-state index contributed by atoms with van der Waals surface area (Å²) in [4.78, 5) is 28.2. The lowest BCUT2D eigenvalue weighted by molar-refractivity contribution is 0.0502. The number of benzene rings is 1. The van der Waals surface area contributed by atoms with Crippen LogP contribution in [0.5, 0.6) is 0 Å². The molecule has 0 atom stereocenters. The van der Waals surface area contributed by atoms with Crippen LogP contribution >= 0.6 is 0 Å². The fourth-order valence-corrected chi connectivity index (χ4v) is 3.05. The summed E-state index contributed by atoms with van der Waals surface area (Å²) in [6.45, 7) is 1.68. The lowest BCUT2D eigenvalue weighted by Crippen LogP contribution is -2.50. The molecule has 4 rings (SSSR count). The van der Waals surface area contributed by atoms with Gasteiger partial charge in [-0.1, -0.05) is 0 Å². The van der Waals surface area contributed by atoms with Gasteiger partial charge in [-0.15, -0.1) is 0 Å². The Labute approximate surface area is 154 Å². The molecule has 1 aromatic carbocycles. The number of hydrogen-bond donors (Lipinski definition) is 0. The molecule has 1 aliphatic rings. The first kappa shape index (κ1) is 17.1. The zero-order valence-corrected chi connectivity index (χ0v) is 14.4. The summed E-state index contributed by atoms with van der Waals surface area (Å²) in [6.07, 6.45) is 1.46. The van der Waals surface area contributed by atoms with E-state index in [4.69, 9.17) is 8.83 Å². The smallest absolute Gasteiger partial charge is 0.289 e. The molecule has 0 N–H and O–H groups in total. The second-order valence-electron chi connectivity index (χ2n) is 6.23. The van der Waals surface area contributed by atoms with Gasteiger partial charge in [-0.3, -0.25) is 9.59 Å². The van der Waals surface area contributed by atoms with Crippen LogP contribution in [0.25, 0.3) is 11.3 Å². The second-order valence-corrected chi connectivity index (χ2v) is 6.23. The Morgan fingerprint density at radius 1 is 0.815 bits per heavy atom. The van der Waals surface area contributed by atoms with Crippen LogP contribution in [0.15, 0.2) is 63.6 Å². The molecule has 1 fully saturated rings. The van der Waals surface area contributed by atoms with Crippen molar-refractivity contribution in [2.45, 2.75) is 0 Å². The molecule has 3 heterocycles. The van der Waals surface area contributed by atoms with E-state index in [1.54, 1.807) is 46.2 Å². The normalized spacial score (nSPS) is 14.4. The Morgan fingerprint density at radius 2 is 1.44 bits per heavy atom. The SMILES string of the molecule is O=C(c1ccco1)N1CCN(C(=O)c2ccc(-c3ccc(F)cc3)o2)CC1. The third-order valence-electron chi connectivity index (χ3n) is 4.53. The highest BCUT2D eigenvalue weighted by atomic mass is 19.1. The lowest BCUT2D eigenvalue weighted by Gasteiger charge is -2.33. The van der Waals surface area contributed by atoms with Gasteiger partial charge in [-0.25, -0.2) is 4.39 Å². The summed E-state index contributed by atoms with van der Waals surface area (Å²) < 4.78 is 23.8. The molecule has 1 aliphatic heterocycles. The molecule has 27 heavy (non-hydrogen) atoms. The summed E-state index contributed by atoms with van der Waals surface area (Å²) in [5.74, 6) is 0.288. The maximum Gasteiger partial charge on any atom is 0.289 e. The van der Waals surface area contributed by atoms with Crippen molar-refractivity contribution in [3.63, 3.8) is 0 Å². The minimum absolute atomic E-state index is 0.177. The first-order chi connectivity index (χ1) is 13.1. The molecule has 7 heteroatoms. The molecule has 138 valence electrons. The average Bonchev–Trinajstić information content (AvgIpc) is 3.40. The van der Waals surface area contributed by atoms with Crippen LogP contribution in [0.3, 0.4) is 0 Å². The Balaban J connectivity index is 1.40. The van der Waals surface area contributed by atoms with Crippen molar-refractivity contribution < 1.29 is 22.8 Å². The van der Waals surface area contributed by atoms with Crippen LogP contribution in [-0.4, -0.2) is 47.8 Å². The van der Waals surface area contributed by atoms with E-state index in [2.05, 4.69) is 0 Å². The molecule has 0 radical (unpaired) electrons. The van der Waals surface area contributed by atoms with Gasteiger partial charge in [0.05, 0.1) is 6.26 Å². The molecule has 0 unspecified atom stereocenters.